The largest absolute Gasteiger partial charge is 0.396 e. The normalized spacial score (nSPS) is 21.5. The van der Waals surface area contributed by atoms with E-state index in [-0.39, 0.29) is 36.0 Å². The van der Waals surface area contributed by atoms with Crippen LogP contribution in [-0.4, -0.2) is 63.7 Å². The number of hydrogen-bond acceptors (Lipinski definition) is 4. The summed E-state index contributed by atoms with van der Waals surface area (Å²) in [5.41, 5.74) is 0.208. The molecule has 0 aromatic rings. The van der Waals surface area contributed by atoms with E-state index >= 15 is 0 Å². The zero-order valence-corrected chi connectivity index (χ0v) is 19.6. The van der Waals surface area contributed by atoms with E-state index in [1.54, 1.807) is 0 Å². The first-order chi connectivity index (χ1) is 12.7. The van der Waals surface area contributed by atoms with Crippen LogP contribution in [0.25, 0.3) is 0 Å². The molecule has 1 aliphatic heterocycles. The molecule has 0 radical (unpaired) electrons. The molecular formula is C20H40IN3O3. The van der Waals surface area contributed by atoms with E-state index < -0.39 is 0 Å². The van der Waals surface area contributed by atoms with Gasteiger partial charge in [-0.05, 0) is 51.4 Å². The van der Waals surface area contributed by atoms with Gasteiger partial charge in [0.2, 0.25) is 0 Å². The van der Waals surface area contributed by atoms with Gasteiger partial charge >= 0.3 is 0 Å². The van der Waals surface area contributed by atoms with Gasteiger partial charge in [-0.1, -0.05) is 12.8 Å². The predicted octanol–water partition coefficient (Wildman–Crippen LogP) is 2.94. The molecule has 0 aromatic carbocycles. The molecular weight excluding hydrogens is 457 g/mol. The Morgan fingerprint density at radius 1 is 1.07 bits per heavy atom. The highest BCUT2D eigenvalue weighted by Crippen LogP contribution is 2.40. The van der Waals surface area contributed by atoms with Crippen LogP contribution in [0.15, 0.2) is 4.99 Å². The van der Waals surface area contributed by atoms with Crippen molar-refractivity contribution in [1.82, 2.24) is 10.6 Å². The number of guanidine groups is 1. The molecule has 1 saturated heterocycles. The molecule has 0 aromatic heterocycles. The van der Waals surface area contributed by atoms with E-state index in [9.17, 15) is 5.11 Å². The second-order valence-corrected chi connectivity index (χ2v) is 7.97. The monoisotopic (exact) mass is 497 g/mol. The Hall–Kier alpha value is -0.120. The lowest BCUT2D eigenvalue weighted by Crippen LogP contribution is -2.44. The highest BCUT2D eigenvalue weighted by Gasteiger charge is 2.34. The van der Waals surface area contributed by atoms with Crippen LogP contribution in [-0.2, 0) is 9.47 Å². The van der Waals surface area contributed by atoms with Crippen LogP contribution in [0.1, 0.15) is 58.8 Å². The maximum absolute atomic E-state index is 9.87. The highest BCUT2D eigenvalue weighted by atomic mass is 127. The van der Waals surface area contributed by atoms with Gasteiger partial charge in [-0.25, -0.2) is 0 Å². The summed E-state index contributed by atoms with van der Waals surface area (Å²) in [5, 5.41) is 16.8. The first kappa shape index (κ1) is 24.9. The zero-order valence-electron chi connectivity index (χ0n) is 17.2. The Balaban J connectivity index is 0.00000364. The maximum Gasteiger partial charge on any atom is 0.191 e. The summed E-state index contributed by atoms with van der Waals surface area (Å²) < 4.78 is 11.1. The van der Waals surface area contributed by atoms with Crippen molar-refractivity contribution in [1.29, 1.82) is 0 Å². The van der Waals surface area contributed by atoms with Crippen LogP contribution in [0.3, 0.4) is 0 Å². The molecule has 6 nitrogen and oxygen atoms in total. The predicted molar refractivity (Wildman–Crippen MR) is 121 cm³/mol. The summed E-state index contributed by atoms with van der Waals surface area (Å²) in [7, 11) is 0. The number of nitrogens with one attached hydrogen (secondary N) is 2. The second-order valence-electron chi connectivity index (χ2n) is 7.97. The first-order valence-electron chi connectivity index (χ1n) is 10.5. The summed E-state index contributed by atoms with van der Waals surface area (Å²) in [5.74, 6) is 0.870. The van der Waals surface area contributed by atoms with Crippen LogP contribution in [0.4, 0.5) is 0 Å². The van der Waals surface area contributed by atoms with Crippen molar-refractivity contribution in [2.45, 2.75) is 58.8 Å². The van der Waals surface area contributed by atoms with Gasteiger partial charge in [0.25, 0.3) is 0 Å². The zero-order chi connectivity index (χ0) is 18.7. The SMILES string of the molecule is CCNC(=NCC1(CO)CCOCC1)NCC1(CCOCC)CCCC1.I. The highest BCUT2D eigenvalue weighted by molar-refractivity contribution is 14.0. The first-order valence-corrected chi connectivity index (χ1v) is 10.5. The number of hydrogen-bond donors (Lipinski definition) is 3. The molecule has 0 spiro atoms. The number of aliphatic imine (C=N–C) groups is 1. The summed E-state index contributed by atoms with van der Waals surface area (Å²) in [6, 6.07) is 0. The summed E-state index contributed by atoms with van der Waals surface area (Å²) in [6.45, 7) is 9.85. The van der Waals surface area contributed by atoms with E-state index in [4.69, 9.17) is 14.5 Å². The number of aliphatic hydroxyl groups excluding tert-OH is 1. The average Bonchev–Trinajstić information content (AvgIpc) is 3.14. The van der Waals surface area contributed by atoms with E-state index in [1.807, 2.05) is 0 Å². The maximum atomic E-state index is 9.87. The number of nitrogens with zero attached hydrogens (tertiary/aromatic N) is 1. The molecule has 160 valence electrons. The van der Waals surface area contributed by atoms with Crippen molar-refractivity contribution in [3.8, 4) is 0 Å². The fourth-order valence-corrected chi connectivity index (χ4v) is 4.10. The topological polar surface area (TPSA) is 75.1 Å². The van der Waals surface area contributed by atoms with Crippen LogP contribution >= 0.6 is 24.0 Å². The number of ether oxygens (including phenoxy) is 2. The molecule has 0 bridgehead atoms. The summed E-state index contributed by atoms with van der Waals surface area (Å²) >= 11 is 0. The van der Waals surface area contributed by atoms with Crippen molar-refractivity contribution >= 4 is 29.9 Å². The lowest BCUT2D eigenvalue weighted by atomic mass is 9.81. The van der Waals surface area contributed by atoms with Crippen molar-refractivity contribution in [3.05, 3.63) is 0 Å². The fourth-order valence-electron chi connectivity index (χ4n) is 4.10. The van der Waals surface area contributed by atoms with Gasteiger partial charge in [-0.2, -0.15) is 0 Å². The summed E-state index contributed by atoms with van der Waals surface area (Å²) in [4.78, 5) is 4.82. The Morgan fingerprint density at radius 3 is 2.37 bits per heavy atom. The molecule has 0 unspecified atom stereocenters. The minimum atomic E-state index is -0.124. The Morgan fingerprint density at radius 2 is 1.78 bits per heavy atom. The molecule has 27 heavy (non-hydrogen) atoms. The lowest BCUT2D eigenvalue weighted by molar-refractivity contribution is -0.0106. The molecule has 0 atom stereocenters. The number of aliphatic hydroxyl groups is 1. The average molecular weight is 497 g/mol. The van der Waals surface area contributed by atoms with Gasteiger partial charge in [-0.15, -0.1) is 24.0 Å². The van der Waals surface area contributed by atoms with Crippen LogP contribution in [0, 0.1) is 10.8 Å². The van der Waals surface area contributed by atoms with Gasteiger partial charge in [0.1, 0.15) is 0 Å². The Labute approximate surface area is 182 Å². The van der Waals surface area contributed by atoms with Crippen molar-refractivity contribution in [3.63, 3.8) is 0 Å². The molecule has 1 saturated carbocycles. The van der Waals surface area contributed by atoms with E-state index in [0.29, 0.717) is 12.0 Å². The van der Waals surface area contributed by atoms with E-state index in [1.165, 1.54) is 25.7 Å². The third kappa shape index (κ3) is 8.03. The Bertz CT molecular complexity index is 423. The Kier molecular flexibility index (Phi) is 12.2. The molecule has 0 amide bonds. The van der Waals surface area contributed by atoms with Gasteiger partial charge in [0.15, 0.2) is 5.96 Å². The van der Waals surface area contributed by atoms with E-state index in [2.05, 4.69) is 24.5 Å². The smallest absolute Gasteiger partial charge is 0.191 e. The van der Waals surface area contributed by atoms with Crippen LogP contribution in [0.5, 0.6) is 0 Å². The minimum Gasteiger partial charge on any atom is -0.396 e. The minimum absolute atomic E-state index is 0. The molecule has 2 rings (SSSR count). The number of halogens is 1. The number of rotatable bonds is 10. The van der Waals surface area contributed by atoms with Crippen molar-refractivity contribution in [2.75, 3.05) is 52.7 Å². The molecule has 1 aliphatic carbocycles. The van der Waals surface area contributed by atoms with E-state index in [0.717, 1.165) is 64.7 Å². The third-order valence-electron chi connectivity index (χ3n) is 6.08. The van der Waals surface area contributed by atoms with Gasteiger partial charge in [0.05, 0.1) is 13.2 Å². The van der Waals surface area contributed by atoms with Crippen molar-refractivity contribution in [2.24, 2.45) is 15.8 Å². The standard InChI is InChI=1S/C20H39N3O3.HI/c1-3-21-18(23-16-20(17-24)10-13-26-14-11-20)22-15-19(7-5-6-8-19)9-12-25-4-2;/h24H,3-17H2,1-2H3,(H2,21,22,23);1H. The van der Waals surface area contributed by atoms with Gasteiger partial charge < -0.3 is 25.2 Å². The van der Waals surface area contributed by atoms with Gasteiger partial charge in [-0.3, -0.25) is 4.99 Å². The molecule has 2 fully saturated rings. The third-order valence-corrected chi connectivity index (χ3v) is 6.08. The molecule has 1 heterocycles. The van der Waals surface area contributed by atoms with Crippen LogP contribution < -0.4 is 10.6 Å². The fraction of sp³-hybridized carbons (Fsp3) is 0.950. The second kappa shape index (κ2) is 13.2. The lowest BCUT2D eigenvalue weighted by Gasteiger charge is -2.34. The van der Waals surface area contributed by atoms with Gasteiger partial charge in [0, 0.05) is 44.9 Å². The summed E-state index contributed by atoms with van der Waals surface area (Å²) in [6.07, 6.45) is 8.04. The molecule has 3 N–H and O–H groups in total. The molecule has 2 aliphatic rings. The van der Waals surface area contributed by atoms with Crippen LogP contribution in [0.2, 0.25) is 0 Å². The quantitative estimate of drug-likeness (QED) is 0.187. The molecule has 7 heteroatoms. The van der Waals surface area contributed by atoms with Crippen molar-refractivity contribution < 1.29 is 14.6 Å².